The molecule has 0 amide bonds. The minimum Gasteiger partial charge on any atom is -0.460 e. The van der Waals surface area contributed by atoms with Crippen molar-refractivity contribution in [2.75, 3.05) is 155 Å². The fourth-order valence-corrected chi connectivity index (χ4v) is 9.01. The first-order valence-corrected chi connectivity index (χ1v) is 29.6. The Balaban J connectivity index is 0.000000417. The van der Waals surface area contributed by atoms with Gasteiger partial charge in [-0.25, -0.2) is 28.9 Å². The Morgan fingerprint density at radius 1 is 0.591 bits per heavy atom. The number of hydrogen-bond donors (Lipinski definition) is 1. The summed E-state index contributed by atoms with van der Waals surface area (Å²) >= 11 is 2.37. The number of anilines is 2. The molecule has 0 bridgehead atoms. The number of esters is 3. The summed E-state index contributed by atoms with van der Waals surface area (Å²) in [6.07, 6.45) is 4.41. The molecule has 5 rings (SSSR count). The lowest BCUT2D eigenvalue weighted by Gasteiger charge is -2.23. The highest BCUT2D eigenvalue weighted by Crippen LogP contribution is 2.47. The van der Waals surface area contributed by atoms with E-state index in [4.69, 9.17) is 67.5 Å². The topological polar surface area (TPSA) is 274 Å². The van der Waals surface area contributed by atoms with E-state index in [-0.39, 0.29) is 25.6 Å². The average Bonchev–Trinajstić information content (AvgIpc) is 2.28. The third-order valence-corrected chi connectivity index (χ3v) is 14.0. The molecular weight excluding hydrogens is 1180 g/mol. The molecule has 0 radical (unpaired) electrons. The first-order chi connectivity index (χ1) is 42.6. The molecule has 1 N–H and O–H groups in total. The van der Waals surface area contributed by atoms with Gasteiger partial charge in [0.25, 0.3) is 0 Å². The largest absolute Gasteiger partial charge is 0.460 e. The highest BCUT2D eigenvalue weighted by Gasteiger charge is 2.17. The number of carbonyl (C=O) groups excluding carboxylic acids is 4. The molecule has 88 heavy (non-hydrogen) atoms. The number of ketones is 1. The van der Waals surface area contributed by atoms with E-state index in [0.717, 1.165) is 72.1 Å². The fourth-order valence-electron chi connectivity index (χ4n) is 7.29. The van der Waals surface area contributed by atoms with Crippen molar-refractivity contribution < 1.29 is 71.7 Å². The van der Waals surface area contributed by atoms with Gasteiger partial charge in [-0.1, -0.05) is 6.92 Å². The maximum Gasteiger partial charge on any atom is 0.338 e. The van der Waals surface area contributed by atoms with Crippen LogP contribution in [0.15, 0.2) is 81.2 Å². The standard InChI is InChI=1S/C31H39N5O7S.C26H35N5O5S.C4H2O3/c1-6-36(26-8-9-27(23(2)21-26)34-35-31-30(33-5)25(4)28(22-32)44-31)11-12-39-13-14-40-15-16-41-17-18-42-19-20-43-29(38)10-7-24(3)37;1-6-31(9-11-33-13-15-35-17-18-36-16-14-34-12-10-32)22-7-8-23(20(2)19-22)29-30-26-24(27-4)21(3)25(28-5)37-26;5-3-1-2-4(6)7-3/h7-10,21H,6,11-20H2,1-4H3;7-8,19,32H,6,9-18H2,1-3H3;1-2H/b10-7-,35-34?;;. The van der Waals surface area contributed by atoms with E-state index in [2.05, 4.69) is 75.5 Å². The Bertz CT molecular complexity index is 3120. The first-order valence-electron chi connectivity index (χ1n) is 28.0. The Kier molecular flexibility index (Phi) is 37.5. The van der Waals surface area contributed by atoms with Crippen molar-refractivity contribution in [1.82, 2.24) is 0 Å². The van der Waals surface area contributed by atoms with Gasteiger partial charge >= 0.3 is 17.9 Å². The summed E-state index contributed by atoms with van der Waals surface area (Å²) in [6.45, 7) is 45.5. The quantitative estimate of drug-likeness (QED) is 0.0109. The van der Waals surface area contributed by atoms with Gasteiger partial charge in [0.1, 0.15) is 22.7 Å². The van der Waals surface area contributed by atoms with Gasteiger partial charge < -0.3 is 62.3 Å². The SMILES string of the molecule is O=C1C=CC(=O)O1.[C-]#[N+]c1c(N=Nc2ccc(N(CC)CCOCCOCCOCCOCCOC(=O)/C=C\C(C)=O)cc2C)sc(C#N)c1C.[C-]#[N+]c1sc(N=Nc2ccc(N(CC)CCOCCOCCOCCOCCO)cc2C)c([N+]#[C-])c1C. The second-order valence-electron chi connectivity index (χ2n) is 18.2. The number of rotatable bonds is 39. The van der Waals surface area contributed by atoms with Crippen molar-refractivity contribution >= 4 is 95.5 Å². The molecule has 0 atom stereocenters. The van der Waals surface area contributed by atoms with Gasteiger partial charge in [-0.2, -0.15) is 25.7 Å². The zero-order valence-electron chi connectivity index (χ0n) is 50.8. The highest BCUT2D eigenvalue weighted by molar-refractivity contribution is 7.20. The van der Waals surface area contributed by atoms with Gasteiger partial charge in [0.15, 0.2) is 5.78 Å². The summed E-state index contributed by atoms with van der Waals surface area (Å²) < 4.78 is 52.6. The number of aryl methyl sites for hydroxylation is 2. The Hall–Kier alpha value is -8.00. The molecule has 1 aliphatic rings. The molecule has 1 aliphatic heterocycles. The predicted molar refractivity (Wildman–Crippen MR) is 333 cm³/mol. The van der Waals surface area contributed by atoms with Gasteiger partial charge in [0.2, 0.25) is 16.4 Å². The average molecular weight is 1250 g/mol. The number of nitriles is 1. The van der Waals surface area contributed by atoms with Gasteiger partial charge in [0.05, 0.1) is 148 Å². The molecule has 0 unspecified atom stereocenters. The number of hydrogen-bond acceptors (Lipinski definition) is 24. The van der Waals surface area contributed by atoms with Crippen LogP contribution in [0.5, 0.6) is 0 Å². The lowest BCUT2D eigenvalue weighted by atomic mass is 10.1. The van der Waals surface area contributed by atoms with Gasteiger partial charge in [-0.3, -0.25) is 4.79 Å². The number of aliphatic hydroxyl groups excluding tert-OH is 1. The maximum atomic E-state index is 11.3. The summed E-state index contributed by atoms with van der Waals surface area (Å²) in [5.74, 6) is -1.96. The van der Waals surface area contributed by atoms with E-state index >= 15 is 0 Å². The second-order valence-corrected chi connectivity index (χ2v) is 20.1. The lowest BCUT2D eigenvalue weighted by Crippen LogP contribution is -2.27. The third kappa shape index (κ3) is 28.7. The zero-order valence-corrected chi connectivity index (χ0v) is 52.4. The molecule has 472 valence electrons. The van der Waals surface area contributed by atoms with Crippen molar-refractivity contribution in [2.45, 2.75) is 48.5 Å². The van der Waals surface area contributed by atoms with Crippen molar-refractivity contribution in [3.05, 3.63) is 122 Å². The van der Waals surface area contributed by atoms with E-state index in [1.807, 2.05) is 44.2 Å². The van der Waals surface area contributed by atoms with Crippen LogP contribution in [0.2, 0.25) is 0 Å². The van der Waals surface area contributed by atoms with Crippen LogP contribution in [0.25, 0.3) is 14.5 Å². The van der Waals surface area contributed by atoms with Gasteiger partial charge in [-0.15, -0.1) is 22.7 Å². The summed E-state index contributed by atoms with van der Waals surface area (Å²) in [5, 5.41) is 36.5. The molecule has 0 saturated carbocycles. The van der Waals surface area contributed by atoms with Crippen LogP contribution < -0.4 is 9.80 Å². The second kappa shape index (κ2) is 44.4. The number of aliphatic hydroxyl groups is 1. The number of thiophene rings is 2. The summed E-state index contributed by atoms with van der Waals surface area (Å²) in [5.41, 5.74) is 7.54. The number of allylic oxidation sites excluding steroid dienone is 1. The number of ether oxygens (including phenoxy) is 10. The molecular formula is C61H76N10O15S2. The number of nitrogens with zero attached hydrogens (tertiary/aromatic N) is 10. The third-order valence-electron chi connectivity index (χ3n) is 11.9. The molecule has 2 aromatic carbocycles. The van der Waals surface area contributed by atoms with E-state index in [1.54, 1.807) is 13.8 Å². The number of cyclic esters (lactones) is 2. The van der Waals surface area contributed by atoms with Crippen LogP contribution in [0.3, 0.4) is 0 Å². The van der Waals surface area contributed by atoms with Crippen LogP contribution in [0.4, 0.5) is 49.1 Å². The van der Waals surface area contributed by atoms with E-state index < -0.39 is 17.9 Å². The van der Waals surface area contributed by atoms with Crippen LogP contribution in [0, 0.1) is 58.7 Å². The molecule has 0 aliphatic carbocycles. The van der Waals surface area contributed by atoms with Crippen LogP contribution in [-0.4, -0.2) is 174 Å². The normalized spacial score (nSPS) is 11.6. The van der Waals surface area contributed by atoms with Crippen molar-refractivity contribution in [3.63, 3.8) is 0 Å². The summed E-state index contributed by atoms with van der Waals surface area (Å²) in [6, 6.07) is 14.0. The number of azo groups is 2. The van der Waals surface area contributed by atoms with Gasteiger partial charge in [-0.05, 0) is 106 Å². The summed E-state index contributed by atoms with van der Waals surface area (Å²) in [7, 11) is 0. The Labute approximate surface area is 522 Å². The Morgan fingerprint density at radius 3 is 1.36 bits per heavy atom. The number of likely N-dealkylation sites (N-methyl/N-ethyl adjacent to an activating group) is 2. The predicted octanol–water partition coefficient (Wildman–Crippen LogP) is 11.2. The molecule has 0 spiro atoms. The minimum absolute atomic E-state index is 0.0211. The molecule has 0 fully saturated rings. The number of benzene rings is 2. The zero-order chi connectivity index (χ0) is 64.3. The van der Waals surface area contributed by atoms with Crippen LogP contribution in [0.1, 0.15) is 47.9 Å². The monoisotopic (exact) mass is 1250 g/mol. The molecule has 0 saturated heterocycles. The Morgan fingerprint density at radius 2 is 1.00 bits per heavy atom. The summed E-state index contributed by atoms with van der Waals surface area (Å²) in [4.78, 5) is 57.3. The number of carbonyl (C=O) groups is 4. The van der Waals surface area contributed by atoms with Crippen molar-refractivity contribution in [2.24, 2.45) is 20.5 Å². The van der Waals surface area contributed by atoms with E-state index in [9.17, 15) is 24.4 Å². The van der Waals surface area contributed by atoms with Gasteiger partial charge in [0, 0.05) is 55.8 Å². The lowest BCUT2D eigenvalue weighted by molar-refractivity contribution is -0.150. The first kappa shape index (κ1) is 74.3. The molecule has 4 aromatic rings. The molecule has 27 heteroatoms. The van der Waals surface area contributed by atoms with Crippen molar-refractivity contribution in [3.8, 4) is 6.07 Å². The smallest absolute Gasteiger partial charge is 0.338 e. The van der Waals surface area contributed by atoms with E-state index in [0.29, 0.717) is 154 Å². The molecule has 3 heterocycles. The van der Waals surface area contributed by atoms with Crippen molar-refractivity contribution in [1.29, 1.82) is 5.26 Å². The fraction of sp³-hybridized carbons (Fsp3) is 0.475. The van der Waals surface area contributed by atoms with Crippen LogP contribution in [-0.2, 0) is 66.5 Å². The van der Waals surface area contributed by atoms with E-state index in [1.165, 1.54) is 29.6 Å². The minimum atomic E-state index is -0.579. The highest BCUT2D eigenvalue weighted by atomic mass is 32.1. The molecule has 2 aromatic heterocycles. The molecule has 25 nitrogen and oxygen atoms in total. The van der Waals surface area contributed by atoms with Crippen LogP contribution >= 0.6 is 22.7 Å². The maximum absolute atomic E-state index is 11.3.